The van der Waals surface area contributed by atoms with E-state index in [0.29, 0.717) is 6.42 Å². The van der Waals surface area contributed by atoms with Gasteiger partial charge in [0.25, 0.3) is 0 Å². The highest BCUT2D eigenvalue weighted by Gasteiger charge is 2.49. The minimum Gasteiger partial charge on any atom is -0.369 e. The van der Waals surface area contributed by atoms with Gasteiger partial charge < -0.3 is 4.74 Å². The molecule has 2 rings (SSSR count). The molecule has 1 aliphatic rings. The molecule has 2 atom stereocenters. The number of rotatable bonds is 3. The quantitative estimate of drug-likeness (QED) is 0.662. The molecule has 5 heteroatoms. The number of ether oxygens (including phenoxy) is 1. The summed E-state index contributed by atoms with van der Waals surface area (Å²) in [6, 6.07) is 3.66. The van der Waals surface area contributed by atoms with Crippen molar-refractivity contribution < 1.29 is 13.5 Å². The Morgan fingerprint density at radius 2 is 1.95 bits per heavy atom. The van der Waals surface area contributed by atoms with Crippen molar-refractivity contribution in [1.29, 1.82) is 0 Å². The molecule has 0 radical (unpaired) electrons. The molecule has 0 bridgehead atoms. The van der Waals surface area contributed by atoms with E-state index >= 15 is 0 Å². The van der Waals surface area contributed by atoms with Crippen LogP contribution in [0, 0.1) is 17.6 Å². The molecule has 1 aliphatic heterocycles. The van der Waals surface area contributed by atoms with Crippen LogP contribution in [0.25, 0.3) is 0 Å². The van der Waals surface area contributed by atoms with Crippen LogP contribution in [0.4, 0.5) is 8.78 Å². The van der Waals surface area contributed by atoms with Crippen LogP contribution in [-0.2, 0) is 4.74 Å². The Labute approximate surface area is 118 Å². The first-order valence-corrected chi connectivity index (χ1v) is 6.78. The lowest BCUT2D eigenvalue weighted by Crippen LogP contribution is -2.41. The van der Waals surface area contributed by atoms with E-state index in [1.807, 2.05) is 27.7 Å². The number of benzene rings is 1. The molecule has 1 heterocycles. The second-order valence-electron chi connectivity index (χ2n) is 6.56. The van der Waals surface area contributed by atoms with Crippen molar-refractivity contribution in [2.45, 2.75) is 51.4 Å². The van der Waals surface area contributed by atoms with E-state index in [0.717, 1.165) is 6.07 Å². The minimum absolute atomic E-state index is 0.0567. The fraction of sp³-hybridized carbons (Fsp3) is 0.600. The Kier molecular flexibility index (Phi) is 3.88. The SMILES string of the molecule is CC1(C)CC(C(NN)c2cccc(F)c2F)C(C)(C)O1. The van der Waals surface area contributed by atoms with Gasteiger partial charge in [-0.05, 0) is 40.2 Å². The molecule has 1 fully saturated rings. The van der Waals surface area contributed by atoms with Crippen LogP contribution in [0.15, 0.2) is 18.2 Å². The number of hydrogen-bond donors (Lipinski definition) is 2. The molecule has 112 valence electrons. The average molecular weight is 284 g/mol. The molecule has 0 spiro atoms. The summed E-state index contributed by atoms with van der Waals surface area (Å²) < 4.78 is 33.5. The van der Waals surface area contributed by atoms with Gasteiger partial charge in [-0.1, -0.05) is 12.1 Å². The summed E-state index contributed by atoms with van der Waals surface area (Å²) >= 11 is 0. The largest absolute Gasteiger partial charge is 0.369 e. The third-order valence-electron chi connectivity index (χ3n) is 4.04. The van der Waals surface area contributed by atoms with Crippen LogP contribution >= 0.6 is 0 Å². The van der Waals surface area contributed by atoms with Crippen molar-refractivity contribution >= 4 is 0 Å². The van der Waals surface area contributed by atoms with Crippen LogP contribution in [0.1, 0.15) is 45.7 Å². The number of nitrogens with two attached hydrogens (primary N) is 1. The molecule has 0 amide bonds. The average Bonchev–Trinajstić information content (AvgIpc) is 2.54. The molecule has 0 aliphatic carbocycles. The van der Waals surface area contributed by atoms with Gasteiger partial charge in [-0.3, -0.25) is 11.3 Å². The predicted octanol–water partition coefficient (Wildman–Crippen LogP) is 3.06. The Bertz CT molecular complexity index is 503. The van der Waals surface area contributed by atoms with E-state index in [1.165, 1.54) is 6.07 Å². The summed E-state index contributed by atoms with van der Waals surface area (Å²) in [4.78, 5) is 0. The van der Waals surface area contributed by atoms with Crippen LogP contribution < -0.4 is 11.3 Å². The van der Waals surface area contributed by atoms with Crippen molar-refractivity contribution in [2.75, 3.05) is 0 Å². The maximum Gasteiger partial charge on any atom is 0.163 e. The van der Waals surface area contributed by atoms with E-state index in [1.54, 1.807) is 6.07 Å². The lowest BCUT2D eigenvalue weighted by atomic mass is 9.79. The predicted molar refractivity (Wildman–Crippen MR) is 73.8 cm³/mol. The van der Waals surface area contributed by atoms with E-state index < -0.39 is 23.3 Å². The topological polar surface area (TPSA) is 47.3 Å². The minimum atomic E-state index is -0.862. The van der Waals surface area contributed by atoms with Gasteiger partial charge in [0.2, 0.25) is 0 Å². The molecular weight excluding hydrogens is 262 g/mol. The molecule has 1 aromatic carbocycles. The lowest BCUT2D eigenvalue weighted by molar-refractivity contribution is -0.0780. The summed E-state index contributed by atoms with van der Waals surface area (Å²) in [5.74, 6) is 3.85. The number of hydrazine groups is 1. The van der Waals surface area contributed by atoms with Crippen molar-refractivity contribution in [2.24, 2.45) is 11.8 Å². The van der Waals surface area contributed by atoms with Crippen molar-refractivity contribution in [1.82, 2.24) is 5.43 Å². The zero-order valence-electron chi connectivity index (χ0n) is 12.3. The van der Waals surface area contributed by atoms with Crippen LogP contribution in [0.5, 0.6) is 0 Å². The molecule has 0 saturated carbocycles. The fourth-order valence-corrected chi connectivity index (χ4v) is 3.31. The highest BCUT2D eigenvalue weighted by Crippen LogP contribution is 2.47. The van der Waals surface area contributed by atoms with E-state index in [4.69, 9.17) is 10.6 Å². The van der Waals surface area contributed by atoms with Crippen LogP contribution in [0.2, 0.25) is 0 Å². The van der Waals surface area contributed by atoms with Crippen LogP contribution in [-0.4, -0.2) is 11.2 Å². The standard InChI is InChI=1S/C15H22F2N2O/c1-14(2)8-10(15(3,4)20-14)13(19-18)9-6-5-7-11(16)12(9)17/h5-7,10,13,19H,8,18H2,1-4H3. The number of halogens is 2. The second kappa shape index (κ2) is 5.06. The van der Waals surface area contributed by atoms with Gasteiger partial charge in [0, 0.05) is 11.5 Å². The number of hydrogen-bond acceptors (Lipinski definition) is 3. The first-order valence-electron chi connectivity index (χ1n) is 6.78. The molecule has 0 aromatic heterocycles. The second-order valence-corrected chi connectivity index (χ2v) is 6.56. The van der Waals surface area contributed by atoms with E-state index in [2.05, 4.69) is 5.43 Å². The number of nitrogens with one attached hydrogen (secondary N) is 1. The summed E-state index contributed by atoms with van der Waals surface area (Å²) in [7, 11) is 0. The molecular formula is C15H22F2N2O. The van der Waals surface area contributed by atoms with E-state index in [-0.39, 0.29) is 17.1 Å². The Hall–Kier alpha value is -1.04. The summed E-state index contributed by atoms with van der Waals surface area (Å²) in [5, 5.41) is 0. The summed E-state index contributed by atoms with van der Waals surface area (Å²) in [6.45, 7) is 7.89. The third kappa shape index (κ3) is 2.71. The first kappa shape index (κ1) is 15.4. The van der Waals surface area contributed by atoms with Gasteiger partial charge in [0.1, 0.15) is 0 Å². The van der Waals surface area contributed by atoms with Crippen molar-refractivity contribution in [3.8, 4) is 0 Å². The molecule has 3 nitrogen and oxygen atoms in total. The molecule has 1 aromatic rings. The first-order chi connectivity index (χ1) is 9.18. The molecule has 2 unspecified atom stereocenters. The fourth-order valence-electron chi connectivity index (χ4n) is 3.31. The van der Waals surface area contributed by atoms with Gasteiger partial charge in [-0.2, -0.15) is 0 Å². The zero-order valence-corrected chi connectivity index (χ0v) is 12.3. The summed E-state index contributed by atoms with van der Waals surface area (Å²) in [6.07, 6.45) is 0.713. The molecule has 1 saturated heterocycles. The van der Waals surface area contributed by atoms with Gasteiger partial charge in [-0.25, -0.2) is 8.78 Å². The van der Waals surface area contributed by atoms with Crippen LogP contribution in [0.3, 0.4) is 0 Å². The van der Waals surface area contributed by atoms with Gasteiger partial charge in [0.05, 0.1) is 17.2 Å². The Morgan fingerprint density at radius 1 is 1.30 bits per heavy atom. The lowest BCUT2D eigenvalue weighted by Gasteiger charge is -2.33. The molecule has 3 N–H and O–H groups in total. The highest BCUT2D eigenvalue weighted by molar-refractivity contribution is 5.24. The maximum atomic E-state index is 14.0. The van der Waals surface area contributed by atoms with Crippen molar-refractivity contribution in [3.05, 3.63) is 35.4 Å². The van der Waals surface area contributed by atoms with Gasteiger partial charge >= 0.3 is 0 Å². The third-order valence-corrected chi connectivity index (χ3v) is 4.04. The van der Waals surface area contributed by atoms with Gasteiger partial charge in [0.15, 0.2) is 11.6 Å². The monoisotopic (exact) mass is 284 g/mol. The highest BCUT2D eigenvalue weighted by atomic mass is 19.2. The Morgan fingerprint density at radius 3 is 2.45 bits per heavy atom. The maximum absolute atomic E-state index is 14.0. The summed E-state index contributed by atoms with van der Waals surface area (Å²) in [5.41, 5.74) is 2.09. The Balaban J connectivity index is 2.40. The smallest absolute Gasteiger partial charge is 0.163 e. The van der Waals surface area contributed by atoms with E-state index in [9.17, 15) is 8.78 Å². The zero-order chi connectivity index (χ0) is 15.1. The molecule has 20 heavy (non-hydrogen) atoms. The van der Waals surface area contributed by atoms with Gasteiger partial charge in [-0.15, -0.1) is 0 Å². The normalized spacial score (nSPS) is 25.6. The van der Waals surface area contributed by atoms with Crippen molar-refractivity contribution in [3.63, 3.8) is 0 Å².